The van der Waals surface area contributed by atoms with Crippen LogP contribution in [0.2, 0.25) is 5.02 Å². The van der Waals surface area contributed by atoms with Gasteiger partial charge < -0.3 is 15.0 Å². The van der Waals surface area contributed by atoms with Crippen molar-refractivity contribution in [1.29, 1.82) is 0 Å². The van der Waals surface area contributed by atoms with Crippen LogP contribution in [0.15, 0.2) is 42.9 Å². The standard InChI is InChI=1S/C25H28ClN5O2/c1-16-5-6-21-23(31(16)17(2)32)8-7-20(24(21)33-25-22(26)4-3-11-28-25)18-14-29-30(15-18)19-9-12-27-13-10-19/h3-4,7-8,11,14-16,19,27H,5-6,9-10,12-13H2,1-2H3. The quantitative estimate of drug-likeness (QED) is 0.586. The highest BCUT2D eigenvalue weighted by molar-refractivity contribution is 6.31. The Morgan fingerprint density at radius 3 is 2.79 bits per heavy atom. The number of rotatable bonds is 4. The van der Waals surface area contributed by atoms with Crippen molar-refractivity contribution in [3.05, 3.63) is 53.4 Å². The number of nitrogens with one attached hydrogen (secondary N) is 1. The second-order valence-corrected chi connectivity index (χ2v) is 9.21. The minimum atomic E-state index is 0.0248. The lowest BCUT2D eigenvalue weighted by atomic mass is 9.92. The number of hydrogen-bond donors (Lipinski definition) is 1. The third kappa shape index (κ3) is 4.23. The Hall–Kier alpha value is -2.90. The minimum absolute atomic E-state index is 0.0248. The maximum atomic E-state index is 12.5. The maximum absolute atomic E-state index is 12.5. The van der Waals surface area contributed by atoms with Crippen LogP contribution in [0.1, 0.15) is 44.7 Å². The zero-order chi connectivity index (χ0) is 22.9. The lowest BCUT2D eigenvalue weighted by molar-refractivity contribution is -0.117. The molecule has 1 amide bonds. The van der Waals surface area contributed by atoms with Crippen LogP contribution in [0.3, 0.4) is 0 Å². The molecule has 1 unspecified atom stereocenters. The number of piperidine rings is 1. The average Bonchev–Trinajstić information content (AvgIpc) is 3.31. The monoisotopic (exact) mass is 465 g/mol. The molecule has 1 atom stereocenters. The van der Waals surface area contributed by atoms with E-state index in [2.05, 4.69) is 33.2 Å². The molecule has 7 nitrogen and oxygen atoms in total. The predicted octanol–water partition coefficient (Wildman–Crippen LogP) is 5.00. The Labute approximate surface area is 198 Å². The molecule has 0 bridgehead atoms. The number of benzene rings is 1. The molecule has 2 aliphatic rings. The van der Waals surface area contributed by atoms with Gasteiger partial charge in [-0.25, -0.2) is 4.98 Å². The lowest BCUT2D eigenvalue weighted by Crippen LogP contribution is -2.40. The Morgan fingerprint density at radius 2 is 2.03 bits per heavy atom. The van der Waals surface area contributed by atoms with Crippen molar-refractivity contribution in [3.63, 3.8) is 0 Å². The van der Waals surface area contributed by atoms with Crippen LogP contribution in [-0.2, 0) is 11.2 Å². The number of ether oxygens (including phenoxy) is 1. The topological polar surface area (TPSA) is 72.3 Å². The molecule has 3 aromatic rings. The van der Waals surface area contributed by atoms with Crippen molar-refractivity contribution in [2.24, 2.45) is 0 Å². The highest BCUT2D eigenvalue weighted by atomic mass is 35.5. The molecule has 1 aromatic carbocycles. The number of halogens is 1. The Kier molecular flexibility index (Phi) is 6.08. The number of carbonyl (C=O) groups is 1. The van der Waals surface area contributed by atoms with E-state index in [1.54, 1.807) is 25.3 Å². The van der Waals surface area contributed by atoms with Gasteiger partial charge in [-0.2, -0.15) is 5.10 Å². The van der Waals surface area contributed by atoms with Crippen molar-refractivity contribution in [2.45, 2.75) is 51.6 Å². The molecule has 2 aliphatic heterocycles. The van der Waals surface area contributed by atoms with Crippen LogP contribution in [0.5, 0.6) is 11.6 Å². The summed E-state index contributed by atoms with van der Waals surface area (Å²) in [7, 11) is 0. The number of carbonyl (C=O) groups excluding carboxylic acids is 1. The third-order valence-corrected chi connectivity index (χ3v) is 6.89. The highest BCUT2D eigenvalue weighted by Gasteiger charge is 2.30. The second-order valence-electron chi connectivity index (χ2n) is 8.80. The Balaban J connectivity index is 1.61. The first-order valence-corrected chi connectivity index (χ1v) is 11.9. The van der Waals surface area contributed by atoms with E-state index < -0.39 is 0 Å². The molecule has 2 aromatic heterocycles. The summed E-state index contributed by atoms with van der Waals surface area (Å²) < 4.78 is 8.45. The summed E-state index contributed by atoms with van der Waals surface area (Å²) in [6.45, 7) is 5.70. The summed E-state index contributed by atoms with van der Waals surface area (Å²) in [5.41, 5.74) is 3.79. The first-order chi connectivity index (χ1) is 16.0. The van der Waals surface area contributed by atoms with Gasteiger partial charge in [-0.1, -0.05) is 11.6 Å². The van der Waals surface area contributed by atoms with E-state index in [1.807, 2.05) is 23.2 Å². The maximum Gasteiger partial charge on any atom is 0.238 e. The van der Waals surface area contributed by atoms with Gasteiger partial charge in [-0.3, -0.25) is 9.48 Å². The molecule has 1 saturated heterocycles. The number of nitrogens with zero attached hydrogens (tertiary/aromatic N) is 4. The molecule has 172 valence electrons. The summed E-state index contributed by atoms with van der Waals surface area (Å²) in [6, 6.07) is 8.10. The summed E-state index contributed by atoms with van der Waals surface area (Å²) in [6.07, 6.45) is 9.43. The Bertz CT molecular complexity index is 1170. The molecule has 0 spiro atoms. The minimum Gasteiger partial charge on any atom is -0.437 e. The number of fused-ring (bicyclic) bond motifs is 1. The fourth-order valence-corrected chi connectivity index (χ4v) is 5.08. The van der Waals surface area contributed by atoms with E-state index in [1.165, 1.54) is 0 Å². The van der Waals surface area contributed by atoms with Crippen molar-refractivity contribution in [1.82, 2.24) is 20.1 Å². The van der Waals surface area contributed by atoms with E-state index in [0.717, 1.165) is 61.2 Å². The number of amides is 1. The van der Waals surface area contributed by atoms with E-state index in [4.69, 9.17) is 16.3 Å². The third-order valence-electron chi connectivity index (χ3n) is 6.61. The molecule has 5 rings (SSSR count). The average molecular weight is 466 g/mol. The van der Waals surface area contributed by atoms with Crippen LogP contribution in [0.4, 0.5) is 5.69 Å². The van der Waals surface area contributed by atoms with Gasteiger partial charge in [-0.15, -0.1) is 0 Å². The van der Waals surface area contributed by atoms with E-state index >= 15 is 0 Å². The summed E-state index contributed by atoms with van der Waals surface area (Å²) in [4.78, 5) is 18.7. The SMILES string of the molecule is CC(=O)N1c2ccc(-c3cnn(C4CCNCC4)c3)c(Oc3ncccc3Cl)c2CCC1C. The first kappa shape index (κ1) is 21.9. The number of pyridine rings is 1. The highest BCUT2D eigenvalue weighted by Crippen LogP contribution is 2.45. The number of hydrogen-bond acceptors (Lipinski definition) is 5. The van der Waals surface area contributed by atoms with Gasteiger partial charge in [0.1, 0.15) is 10.8 Å². The molecule has 33 heavy (non-hydrogen) atoms. The lowest BCUT2D eigenvalue weighted by Gasteiger charge is -2.35. The van der Waals surface area contributed by atoms with Crippen LogP contribution in [0, 0.1) is 0 Å². The molecule has 1 N–H and O–H groups in total. The first-order valence-electron chi connectivity index (χ1n) is 11.5. The molecule has 4 heterocycles. The Morgan fingerprint density at radius 1 is 1.21 bits per heavy atom. The molecule has 0 aliphatic carbocycles. The fraction of sp³-hybridized carbons (Fsp3) is 0.400. The molecule has 0 saturated carbocycles. The molecular weight excluding hydrogens is 438 g/mol. The van der Waals surface area contributed by atoms with Gasteiger partial charge in [-0.05, 0) is 70.0 Å². The zero-order valence-electron chi connectivity index (χ0n) is 18.9. The normalized spacial score (nSPS) is 18.8. The van der Waals surface area contributed by atoms with E-state index in [9.17, 15) is 4.79 Å². The molecule has 8 heteroatoms. The van der Waals surface area contributed by atoms with Crippen molar-refractivity contribution >= 4 is 23.2 Å². The summed E-state index contributed by atoms with van der Waals surface area (Å²) in [5, 5.41) is 8.52. The summed E-state index contributed by atoms with van der Waals surface area (Å²) in [5.74, 6) is 1.07. The number of anilines is 1. The smallest absolute Gasteiger partial charge is 0.238 e. The predicted molar refractivity (Wildman–Crippen MR) is 129 cm³/mol. The zero-order valence-corrected chi connectivity index (χ0v) is 19.7. The van der Waals surface area contributed by atoms with Gasteiger partial charge in [0.2, 0.25) is 11.8 Å². The molecule has 1 fully saturated rings. The van der Waals surface area contributed by atoms with Gasteiger partial charge in [0.25, 0.3) is 0 Å². The summed E-state index contributed by atoms with van der Waals surface area (Å²) >= 11 is 6.39. The van der Waals surface area contributed by atoms with Gasteiger partial charge >= 0.3 is 0 Å². The van der Waals surface area contributed by atoms with Gasteiger partial charge in [0.05, 0.1) is 17.9 Å². The van der Waals surface area contributed by atoms with E-state index in [-0.39, 0.29) is 11.9 Å². The van der Waals surface area contributed by atoms with Crippen molar-refractivity contribution < 1.29 is 9.53 Å². The van der Waals surface area contributed by atoms with Crippen LogP contribution >= 0.6 is 11.6 Å². The largest absolute Gasteiger partial charge is 0.437 e. The van der Waals surface area contributed by atoms with Gasteiger partial charge in [0, 0.05) is 42.0 Å². The van der Waals surface area contributed by atoms with E-state index in [0.29, 0.717) is 22.7 Å². The molecular formula is C25H28ClN5O2. The van der Waals surface area contributed by atoms with Crippen LogP contribution < -0.4 is 15.0 Å². The second kappa shape index (κ2) is 9.15. The van der Waals surface area contributed by atoms with Crippen LogP contribution in [0.25, 0.3) is 11.1 Å². The molecule has 0 radical (unpaired) electrons. The van der Waals surface area contributed by atoms with Crippen LogP contribution in [-0.4, -0.2) is 39.8 Å². The van der Waals surface area contributed by atoms with Crippen molar-refractivity contribution in [2.75, 3.05) is 18.0 Å². The van der Waals surface area contributed by atoms with Gasteiger partial charge in [0.15, 0.2) is 0 Å². The number of aromatic nitrogens is 3. The fourth-order valence-electron chi connectivity index (χ4n) is 4.92. The van der Waals surface area contributed by atoms with Crippen molar-refractivity contribution in [3.8, 4) is 22.8 Å².